The molecule has 0 radical (unpaired) electrons. The number of methoxy groups -OCH3 is 1. The molecule has 0 unspecified atom stereocenters. The van der Waals surface area contributed by atoms with Crippen LogP contribution in [0.3, 0.4) is 0 Å². The van der Waals surface area contributed by atoms with E-state index < -0.39 is 0 Å². The van der Waals surface area contributed by atoms with Gasteiger partial charge in [-0.25, -0.2) is 4.39 Å². The van der Waals surface area contributed by atoms with Crippen LogP contribution in [0.4, 0.5) is 4.39 Å². The van der Waals surface area contributed by atoms with Crippen molar-refractivity contribution in [3.05, 3.63) is 35.6 Å². The molecule has 1 aromatic rings. The van der Waals surface area contributed by atoms with Crippen molar-refractivity contribution in [3.63, 3.8) is 0 Å². The molecule has 0 aliphatic rings. The van der Waals surface area contributed by atoms with Gasteiger partial charge in [0.2, 0.25) is 0 Å². The average Bonchev–Trinajstić information content (AvgIpc) is 2.09. The number of benzene rings is 1. The molecule has 0 heterocycles. The molecule has 0 spiro atoms. The molecule has 0 atom stereocenters. The number of hydrogen-bond donors (Lipinski definition) is 0. The molecule has 0 N–H and O–H groups in total. The Balaban J connectivity index is 2.46. The van der Waals surface area contributed by atoms with Crippen LogP contribution in [-0.2, 0) is 11.2 Å². The molecule has 0 aliphatic carbocycles. The Kier molecular flexibility index (Phi) is 3.74. The minimum Gasteiger partial charge on any atom is -0.385 e. The second kappa shape index (κ2) is 4.88. The first kappa shape index (κ1) is 9.20. The van der Waals surface area contributed by atoms with Gasteiger partial charge in [0.25, 0.3) is 0 Å². The van der Waals surface area contributed by atoms with Gasteiger partial charge in [0.15, 0.2) is 0 Å². The third-order valence-electron chi connectivity index (χ3n) is 1.75. The molecular formula is C10H13FO. The van der Waals surface area contributed by atoms with Crippen molar-refractivity contribution in [2.24, 2.45) is 0 Å². The Morgan fingerprint density at radius 2 is 2.08 bits per heavy atom. The molecule has 1 aromatic carbocycles. The van der Waals surface area contributed by atoms with Crippen LogP contribution < -0.4 is 0 Å². The SMILES string of the molecule is COCCCc1ccccc1F. The van der Waals surface area contributed by atoms with E-state index in [-0.39, 0.29) is 5.82 Å². The minimum absolute atomic E-state index is 0.117. The minimum atomic E-state index is -0.117. The highest BCUT2D eigenvalue weighted by molar-refractivity contribution is 5.17. The summed E-state index contributed by atoms with van der Waals surface area (Å²) < 4.78 is 17.9. The number of aryl methyl sites for hydroxylation is 1. The van der Waals surface area contributed by atoms with E-state index in [2.05, 4.69) is 0 Å². The number of halogens is 1. The summed E-state index contributed by atoms with van der Waals surface area (Å²) in [5.74, 6) is -0.117. The smallest absolute Gasteiger partial charge is 0.126 e. The van der Waals surface area contributed by atoms with E-state index in [1.165, 1.54) is 6.07 Å². The van der Waals surface area contributed by atoms with Gasteiger partial charge >= 0.3 is 0 Å². The molecule has 0 aromatic heterocycles. The van der Waals surface area contributed by atoms with Crippen molar-refractivity contribution < 1.29 is 9.13 Å². The van der Waals surface area contributed by atoms with Crippen molar-refractivity contribution >= 4 is 0 Å². The second-order valence-electron chi connectivity index (χ2n) is 2.69. The Bertz CT molecular complexity index is 235. The van der Waals surface area contributed by atoms with Gasteiger partial charge in [0.05, 0.1) is 0 Å². The van der Waals surface area contributed by atoms with Gasteiger partial charge in [-0.3, -0.25) is 0 Å². The number of rotatable bonds is 4. The van der Waals surface area contributed by atoms with Crippen LogP contribution in [0.1, 0.15) is 12.0 Å². The second-order valence-corrected chi connectivity index (χ2v) is 2.69. The van der Waals surface area contributed by atoms with Crippen molar-refractivity contribution in [1.82, 2.24) is 0 Å². The van der Waals surface area contributed by atoms with Gasteiger partial charge in [0.1, 0.15) is 5.82 Å². The predicted octanol–water partition coefficient (Wildman–Crippen LogP) is 2.40. The van der Waals surface area contributed by atoms with Gasteiger partial charge < -0.3 is 4.74 Å². The van der Waals surface area contributed by atoms with Crippen molar-refractivity contribution in [2.75, 3.05) is 13.7 Å². The molecule has 0 bridgehead atoms. The normalized spacial score (nSPS) is 10.2. The average molecular weight is 168 g/mol. The summed E-state index contributed by atoms with van der Waals surface area (Å²) >= 11 is 0. The molecular weight excluding hydrogens is 155 g/mol. The highest BCUT2D eigenvalue weighted by atomic mass is 19.1. The van der Waals surface area contributed by atoms with E-state index in [9.17, 15) is 4.39 Å². The van der Waals surface area contributed by atoms with Crippen LogP contribution >= 0.6 is 0 Å². The van der Waals surface area contributed by atoms with Crippen LogP contribution in [-0.4, -0.2) is 13.7 Å². The van der Waals surface area contributed by atoms with Crippen molar-refractivity contribution in [3.8, 4) is 0 Å². The van der Waals surface area contributed by atoms with Gasteiger partial charge in [0, 0.05) is 13.7 Å². The van der Waals surface area contributed by atoms with Crippen LogP contribution in [0.2, 0.25) is 0 Å². The first-order valence-electron chi connectivity index (χ1n) is 4.07. The maximum atomic E-state index is 13.0. The summed E-state index contributed by atoms with van der Waals surface area (Å²) in [6.07, 6.45) is 1.62. The fourth-order valence-electron chi connectivity index (χ4n) is 1.11. The zero-order chi connectivity index (χ0) is 8.81. The van der Waals surface area contributed by atoms with Gasteiger partial charge in [-0.15, -0.1) is 0 Å². The third kappa shape index (κ3) is 2.62. The third-order valence-corrected chi connectivity index (χ3v) is 1.75. The summed E-state index contributed by atoms with van der Waals surface area (Å²) in [5.41, 5.74) is 0.773. The molecule has 0 amide bonds. The van der Waals surface area contributed by atoms with Crippen LogP contribution in [0.15, 0.2) is 24.3 Å². The molecule has 1 nitrogen and oxygen atoms in total. The summed E-state index contributed by atoms with van der Waals surface area (Å²) in [4.78, 5) is 0. The molecule has 2 heteroatoms. The van der Waals surface area contributed by atoms with Gasteiger partial charge in [-0.2, -0.15) is 0 Å². The molecule has 66 valence electrons. The summed E-state index contributed by atoms with van der Waals surface area (Å²) in [5, 5.41) is 0. The zero-order valence-corrected chi connectivity index (χ0v) is 7.22. The molecule has 0 saturated heterocycles. The topological polar surface area (TPSA) is 9.23 Å². The standard InChI is InChI=1S/C10H13FO/c1-12-8-4-6-9-5-2-3-7-10(9)11/h2-3,5,7H,4,6,8H2,1H3. The predicted molar refractivity (Wildman–Crippen MR) is 46.6 cm³/mol. The van der Waals surface area contributed by atoms with Crippen molar-refractivity contribution in [1.29, 1.82) is 0 Å². The van der Waals surface area contributed by atoms with Crippen LogP contribution in [0, 0.1) is 5.82 Å². The van der Waals surface area contributed by atoms with E-state index in [4.69, 9.17) is 4.74 Å². The van der Waals surface area contributed by atoms with Crippen LogP contribution in [0.25, 0.3) is 0 Å². The summed E-state index contributed by atoms with van der Waals surface area (Å²) in [6, 6.07) is 6.85. The van der Waals surface area contributed by atoms with Crippen LogP contribution in [0.5, 0.6) is 0 Å². The monoisotopic (exact) mass is 168 g/mol. The zero-order valence-electron chi connectivity index (χ0n) is 7.22. The summed E-state index contributed by atoms with van der Waals surface area (Å²) in [6.45, 7) is 0.689. The van der Waals surface area contributed by atoms with E-state index in [1.54, 1.807) is 13.2 Å². The van der Waals surface area contributed by atoms with Crippen molar-refractivity contribution in [2.45, 2.75) is 12.8 Å². The maximum absolute atomic E-state index is 13.0. The van der Waals surface area contributed by atoms with E-state index >= 15 is 0 Å². The van der Waals surface area contributed by atoms with Gasteiger partial charge in [-0.05, 0) is 24.5 Å². The summed E-state index contributed by atoms with van der Waals surface area (Å²) in [7, 11) is 1.65. The fraction of sp³-hybridized carbons (Fsp3) is 0.400. The quantitative estimate of drug-likeness (QED) is 0.627. The van der Waals surface area contributed by atoms with Gasteiger partial charge in [-0.1, -0.05) is 18.2 Å². The maximum Gasteiger partial charge on any atom is 0.126 e. The number of hydrogen-bond acceptors (Lipinski definition) is 1. The highest BCUT2D eigenvalue weighted by Gasteiger charge is 1.98. The lowest BCUT2D eigenvalue weighted by Gasteiger charge is -2.01. The largest absolute Gasteiger partial charge is 0.385 e. The Hall–Kier alpha value is -0.890. The lowest BCUT2D eigenvalue weighted by Crippen LogP contribution is -1.94. The molecule has 1 rings (SSSR count). The molecule has 0 saturated carbocycles. The Morgan fingerprint density at radius 1 is 1.33 bits per heavy atom. The fourth-order valence-corrected chi connectivity index (χ4v) is 1.11. The first-order chi connectivity index (χ1) is 5.84. The van der Waals surface area contributed by atoms with E-state index in [0.717, 1.165) is 18.4 Å². The first-order valence-corrected chi connectivity index (χ1v) is 4.07. The lowest BCUT2D eigenvalue weighted by atomic mass is 10.1. The number of ether oxygens (including phenoxy) is 1. The Labute approximate surface area is 72.2 Å². The molecule has 0 fully saturated rings. The molecule has 12 heavy (non-hydrogen) atoms. The highest BCUT2D eigenvalue weighted by Crippen LogP contribution is 2.08. The Morgan fingerprint density at radius 3 is 2.75 bits per heavy atom. The molecule has 0 aliphatic heterocycles. The lowest BCUT2D eigenvalue weighted by molar-refractivity contribution is 0.195. The van der Waals surface area contributed by atoms with E-state index in [1.807, 2.05) is 12.1 Å². The van der Waals surface area contributed by atoms with E-state index in [0.29, 0.717) is 6.61 Å².